The van der Waals surface area contributed by atoms with Gasteiger partial charge in [-0.05, 0) is 177 Å². The molecule has 388 valence electrons. The van der Waals surface area contributed by atoms with Gasteiger partial charge >= 0.3 is 12.1 Å². The van der Waals surface area contributed by atoms with Gasteiger partial charge in [-0.3, -0.25) is 34.7 Å². The van der Waals surface area contributed by atoms with Gasteiger partial charge in [-0.1, -0.05) is 39.8 Å². The van der Waals surface area contributed by atoms with Gasteiger partial charge in [0.25, 0.3) is 0 Å². The molecule has 15 heteroatoms. The third-order valence-corrected chi connectivity index (χ3v) is 11.8. The largest absolute Gasteiger partial charge is 0.481 e. The van der Waals surface area contributed by atoms with Crippen LogP contribution in [0.5, 0.6) is 5.75 Å². The maximum absolute atomic E-state index is 14.3. The zero-order valence-electron chi connectivity index (χ0n) is 43.0. The maximum atomic E-state index is 14.3. The Morgan fingerprint density at radius 1 is 0.720 bits per heavy atom. The molecule has 1 N–H and O–H groups in total. The number of rotatable bonds is 9. The normalized spacial score (nSPS) is 13.5. The number of carboxylic acids is 1. The van der Waals surface area contributed by atoms with E-state index in [4.69, 9.17) is 9.84 Å². The van der Waals surface area contributed by atoms with E-state index in [9.17, 15) is 23.2 Å². The van der Waals surface area contributed by atoms with Gasteiger partial charge in [-0.25, -0.2) is 0 Å². The average molecular weight is 1100 g/mol. The number of halogens is 3. The van der Waals surface area contributed by atoms with Crippen LogP contribution in [0, 0.1) is 25.2 Å². The van der Waals surface area contributed by atoms with E-state index in [1.54, 1.807) is 55.4 Å². The van der Waals surface area contributed by atoms with Crippen LogP contribution in [-0.4, -0.2) is 60.2 Å². The van der Waals surface area contributed by atoms with Crippen LogP contribution in [0.3, 0.4) is 0 Å². The zero-order valence-corrected chi connectivity index (χ0v) is 44.8. The van der Waals surface area contributed by atoms with E-state index in [-0.39, 0.29) is 48.5 Å². The summed E-state index contributed by atoms with van der Waals surface area (Å²) < 4.78 is 49.0. The quantitative estimate of drug-likeness (QED) is 0.109. The van der Waals surface area contributed by atoms with Gasteiger partial charge in [0, 0.05) is 93.0 Å². The molecule has 0 amide bonds. The number of aryl methyl sites for hydroxylation is 4. The van der Waals surface area contributed by atoms with Crippen LogP contribution < -0.4 is 9.64 Å². The monoisotopic (exact) mass is 1100 g/mol. The van der Waals surface area contributed by atoms with Crippen molar-refractivity contribution in [1.29, 1.82) is 5.26 Å². The number of fused-ring (bicyclic) bond motifs is 2. The number of aromatic nitrogens is 6. The molecule has 6 aromatic heterocycles. The Labute approximate surface area is 450 Å². The fraction of sp³-hybridized carbons (Fsp3) is 0.267. The number of hydrogen-bond donors (Lipinski definition) is 1. The molecule has 0 spiro atoms. The minimum Gasteiger partial charge on any atom is -0.481 e. The molecule has 0 aliphatic carbocycles. The summed E-state index contributed by atoms with van der Waals surface area (Å²) in [6.07, 6.45) is 14.5. The number of hydrogen-bond acceptors (Lipinski definition) is 10. The summed E-state index contributed by atoms with van der Waals surface area (Å²) in [5, 5.41) is 18.5. The minimum absolute atomic E-state index is 0. The van der Waals surface area contributed by atoms with Gasteiger partial charge in [-0.2, -0.15) is 18.4 Å². The van der Waals surface area contributed by atoms with Gasteiger partial charge in [-0.15, -0.1) is 0 Å². The molecule has 0 bridgehead atoms. The first-order valence-electron chi connectivity index (χ1n) is 25.0. The molecule has 11 nitrogen and oxygen atoms in total. The SMILES string of the molecule is CC.CC.Cc1ccnc(-c2cc(/C(C#N)=C/C=C3/C=C(C(F)(F)F)c4cc5c6c(c4O3)CCCN6CCC5)ccn2)c1.Cc1ccnc(-c2cc(CCCC(=O)O)ccn2)c1.[Ru].c1ccc(-c2ccccn2)nc1. The Bertz CT molecular complexity index is 3100. The maximum Gasteiger partial charge on any atom is 0.417 e. The van der Waals surface area contributed by atoms with Gasteiger partial charge < -0.3 is 14.7 Å². The third kappa shape index (κ3) is 15.9. The van der Waals surface area contributed by atoms with Crippen LogP contribution >= 0.6 is 0 Å². The van der Waals surface area contributed by atoms with Crippen LogP contribution in [0.15, 0.2) is 152 Å². The summed E-state index contributed by atoms with van der Waals surface area (Å²) >= 11 is 0. The van der Waals surface area contributed by atoms with Crippen molar-refractivity contribution in [3.63, 3.8) is 0 Å². The van der Waals surface area contributed by atoms with Crippen molar-refractivity contribution >= 4 is 22.8 Å². The van der Waals surface area contributed by atoms with Crippen molar-refractivity contribution in [2.75, 3.05) is 18.0 Å². The summed E-state index contributed by atoms with van der Waals surface area (Å²) in [6, 6.07) is 30.4. The summed E-state index contributed by atoms with van der Waals surface area (Å²) in [5.74, 6) is -0.430. The van der Waals surface area contributed by atoms with Crippen molar-refractivity contribution in [2.45, 2.75) is 92.7 Å². The fourth-order valence-corrected chi connectivity index (χ4v) is 8.53. The molecule has 0 saturated heterocycles. The van der Waals surface area contributed by atoms with Crippen LogP contribution in [0.1, 0.15) is 92.3 Å². The smallest absolute Gasteiger partial charge is 0.417 e. The Hall–Kier alpha value is -7.69. The molecule has 0 unspecified atom stereocenters. The second-order valence-electron chi connectivity index (χ2n) is 16.9. The molecule has 0 saturated carbocycles. The first-order chi connectivity index (χ1) is 35.9. The van der Waals surface area contributed by atoms with Crippen LogP contribution in [0.4, 0.5) is 18.9 Å². The van der Waals surface area contributed by atoms with E-state index in [0.717, 1.165) is 101 Å². The minimum atomic E-state index is -4.55. The zero-order chi connectivity index (χ0) is 53.0. The molecule has 75 heavy (non-hydrogen) atoms. The number of ether oxygens (including phenoxy) is 1. The molecular formula is C60H61F3N8O3Ru. The van der Waals surface area contributed by atoms with Crippen molar-refractivity contribution in [3.05, 3.63) is 191 Å². The molecule has 1 aromatic carbocycles. The molecule has 9 heterocycles. The first-order valence-corrected chi connectivity index (χ1v) is 25.0. The molecule has 0 atom stereocenters. The van der Waals surface area contributed by atoms with E-state index in [1.165, 1.54) is 12.2 Å². The Balaban J connectivity index is 0.000000239. The molecule has 7 aromatic rings. The Morgan fingerprint density at radius 3 is 1.81 bits per heavy atom. The topological polar surface area (TPSA) is 151 Å². The fourth-order valence-electron chi connectivity index (χ4n) is 8.53. The summed E-state index contributed by atoms with van der Waals surface area (Å²) in [7, 11) is 0. The van der Waals surface area contributed by atoms with Crippen LogP contribution in [0.25, 0.3) is 45.3 Å². The van der Waals surface area contributed by atoms with E-state index >= 15 is 0 Å². The molecule has 10 rings (SSSR count). The first kappa shape index (κ1) is 58.2. The number of carboxylic acid groups (broad SMARTS) is 1. The number of carbonyl (C=O) groups is 1. The number of nitrogens with zero attached hydrogens (tertiary/aromatic N) is 8. The number of pyridine rings is 6. The number of benzene rings is 1. The summed E-state index contributed by atoms with van der Waals surface area (Å²) in [5.41, 5.74) is 11.1. The standard InChI is InChI=1S/C31H25F3N4O.C15H16N2O2.C10H8N2.2C2H6.Ru/c1-19-8-10-36-27(14-19)28-16-20(9-11-37-28)22(18-35)6-7-23-17-26(31(32,33)34)25-15-21-4-2-12-38-13-3-5-24(29(21)38)30(25)39-23;1-11-5-7-16-13(9-11)14-10-12(6-8-17-14)3-2-4-15(18)19;1-3-7-11-9(5-1)10-6-2-4-8-12-10;2*1-2;/h6-11,14-17H,2-5,12-13H2,1H3;5-10H,2-4H2,1H3,(H,18,19);1-8H;2*1-2H3;/b22-6+,23-7-;;;;;. The van der Waals surface area contributed by atoms with Crippen molar-refractivity contribution < 1.29 is 47.3 Å². The molecule has 0 fully saturated rings. The predicted octanol–water partition coefficient (Wildman–Crippen LogP) is 14.0. The van der Waals surface area contributed by atoms with E-state index in [2.05, 4.69) is 40.9 Å². The molecule has 3 aliphatic rings. The van der Waals surface area contributed by atoms with E-state index < -0.39 is 17.7 Å². The second-order valence-corrected chi connectivity index (χ2v) is 16.9. The van der Waals surface area contributed by atoms with E-state index in [1.807, 2.05) is 114 Å². The molecule has 3 aliphatic heterocycles. The molecule has 0 radical (unpaired) electrons. The summed E-state index contributed by atoms with van der Waals surface area (Å²) in [6.45, 7) is 13.8. The van der Waals surface area contributed by atoms with Gasteiger partial charge in [0.15, 0.2) is 0 Å². The predicted molar refractivity (Wildman–Crippen MR) is 287 cm³/mol. The number of nitriles is 1. The third-order valence-electron chi connectivity index (χ3n) is 11.8. The van der Waals surface area contributed by atoms with Crippen molar-refractivity contribution in [2.24, 2.45) is 0 Å². The van der Waals surface area contributed by atoms with Gasteiger partial charge in [0.05, 0.1) is 51.4 Å². The number of allylic oxidation sites excluding steroid dienone is 5. The Morgan fingerprint density at radius 2 is 1.27 bits per heavy atom. The Kier molecular flexibility index (Phi) is 22.3. The number of aliphatic carboxylic acids is 1. The van der Waals surface area contributed by atoms with Gasteiger partial charge in [0.1, 0.15) is 11.5 Å². The van der Waals surface area contributed by atoms with Gasteiger partial charge in [0.2, 0.25) is 0 Å². The average Bonchev–Trinajstić information content (AvgIpc) is 3.43. The van der Waals surface area contributed by atoms with Crippen LogP contribution in [-0.2, 0) is 43.5 Å². The number of anilines is 1. The number of alkyl halides is 3. The van der Waals surface area contributed by atoms with Crippen LogP contribution in [0.2, 0.25) is 0 Å². The second kappa shape index (κ2) is 28.7. The van der Waals surface area contributed by atoms with Crippen molar-refractivity contribution in [3.8, 4) is 46.0 Å². The molecular weight excluding hydrogens is 1040 g/mol. The summed E-state index contributed by atoms with van der Waals surface area (Å²) in [4.78, 5) is 38.5. The van der Waals surface area contributed by atoms with Crippen molar-refractivity contribution in [1.82, 2.24) is 29.9 Å². The van der Waals surface area contributed by atoms with E-state index in [0.29, 0.717) is 29.8 Å².